The minimum atomic E-state index is -0.676. The molecule has 4 nitrogen and oxygen atoms in total. The maximum Gasteiger partial charge on any atom is 0.306 e. The van der Waals surface area contributed by atoms with Gasteiger partial charge in [-0.25, -0.2) is 0 Å². The van der Waals surface area contributed by atoms with Gasteiger partial charge >= 0.3 is 5.97 Å². The molecule has 0 aliphatic carbocycles. The lowest BCUT2D eigenvalue weighted by atomic mass is 9.93. The fourth-order valence-corrected chi connectivity index (χ4v) is 3.16. The van der Waals surface area contributed by atoms with E-state index in [2.05, 4.69) is 36.1 Å². The van der Waals surface area contributed by atoms with Crippen LogP contribution in [0.15, 0.2) is 47.1 Å². The molecule has 22 heavy (non-hydrogen) atoms. The predicted octanol–water partition coefficient (Wildman–Crippen LogP) is 3.47. The molecule has 2 aromatic rings. The lowest BCUT2D eigenvalue weighted by Crippen LogP contribution is -2.39. The number of hydrogen-bond acceptors (Lipinski definition) is 3. The van der Waals surface area contributed by atoms with E-state index >= 15 is 0 Å². The molecule has 1 N–H and O–H groups in total. The summed E-state index contributed by atoms with van der Waals surface area (Å²) in [5.41, 5.74) is 2.42. The highest BCUT2D eigenvalue weighted by Gasteiger charge is 2.31. The Labute approximate surface area is 130 Å². The van der Waals surface area contributed by atoms with Crippen molar-refractivity contribution in [2.24, 2.45) is 5.92 Å². The predicted molar refractivity (Wildman–Crippen MR) is 83.7 cm³/mol. The van der Waals surface area contributed by atoms with Gasteiger partial charge in [0.1, 0.15) is 5.76 Å². The normalized spacial score (nSPS) is 18.2. The molecule has 1 unspecified atom stereocenters. The zero-order chi connectivity index (χ0) is 15.5. The van der Waals surface area contributed by atoms with Gasteiger partial charge in [-0.15, -0.1) is 0 Å². The van der Waals surface area contributed by atoms with Crippen LogP contribution in [0.5, 0.6) is 0 Å². The Kier molecular flexibility index (Phi) is 4.29. The first-order chi connectivity index (χ1) is 10.6. The van der Waals surface area contributed by atoms with Crippen molar-refractivity contribution in [3.05, 3.63) is 59.5 Å². The van der Waals surface area contributed by atoms with Crippen molar-refractivity contribution in [3.8, 4) is 0 Å². The Bertz CT molecular complexity index is 610. The minimum absolute atomic E-state index is 0.0605. The number of aryl methyl sites for hydroxylation is 1. The topological polar surface area (TPSA) is 53.7 Å². The zero-order valence-electron chi connectivity index (χ0n) is 12.7. The van der Waals surface area contributed by atoms with Crippen LogP contribution in [0.3, 0.4) is 0 Å². The molecule has 1 fully saturated rings. The quantitative estimate of drug-likeness (QED) is 0.939. The number of carboxylic acids is 1. The average molecular weight is 299 g/mol. The van der Waals surface area contributed by atoms with Gasteiger partial charge in [0.05, 0.1) is 18.2 Å². The van der Waals surface area contributed by atoms with Crippen LogP contribution >= 0.6 is 0 Å². The van der Waals surface area contributed by atoms with Gasteiger partial charge < -0.3 is 9.52 Å². The molecular weight excluding hydrogens is 278 g/mol. The number of rotatable bonds is 4. The summed E-state index contributed by atoms with van der Waals surface area (Å²) in [6.45, 7) is 3.62. The molecule has 0 spiro atoms. The van der Waals surface area contributed by atoms with E-state index in [9.17, 15) is 4.79 Å². The number of nitrogens with zero attached hydrogens (tertiary/aromatic N) is 1. The number of benzene rings is 1. The van der Waals surface area contributed by atoms with Crippen molar-refractivity contribution >= 4 is 5.97 Å². The third-order valence-electron chi connectivity index (χ3n) is 4.45. The summed E-state index contributed by atoms with van der Waals surface area (Å²) in [6.07, 6.45) is 3.08. The van der Waals surface area contributed by atoms with Crippen LogP contribution in [0.1, 0.15) is 35.8 Å². The van der Waals surface area contributed by atoms with Crippen LogP contribution in [0, 0.1) is 12.8 Å². The SMILES string of the molecule is Cc1ccc(C(c2ccco2)N2CCC(C(=O)O)CC2)cc1. The highest BCUT2D eigenvalue weighted by molar-refractivity contribution is 5.70. The number of hydrogen-bond donors (Lipinski definition) is 1. The van der Waals surface area contributed by atoms with Gasteiger partial charge in [0, 0.05) is 0 Å². The summed E-state index contributed by atoms with van der Waals surface area (Å²) in [5, 5.41) is 9.16. The number of aliphatic carboxylic acids is 1. The van der Waals surface area contributed by atoms with E-state index in [0.29, 0.717) is 12.8 Å². The molecule has 1 aromatic heterocycles. The van der Waals surface area contributed by atoms with E-state index in [-0.39, 0.29) is 12.0 Å². The number of carboxylic acid groups (broad SMARTS) is 1. The van der Waals surface area contributed by atoms with E-state index < -0.39 is 5.97 Å². The maximum atomic E-state index is 11.1. The van der Waals surface area contributed by atoms with Crippen molar-refractivity contribution in [1.82, 2.24) is 4.90 Å². The third kappa shape index (κ3) is 3.07. The first kappa shape index (κ1) is 14.9. The van der Waals surface area contributed by atoms with E-state index in [1.165, 1.54) is 11.1 Å². The Morgan fingerprint density at radius 1 is 1.23 bits per heavy atom. The van der Waals surface area contributed by atoms with E-state index in [4.69, 9.17) is 9.52 Å². The molecule has 0 amide bonds. The van der Waals surface area contributed by atoms with E-state index in [1.54, 1.807) is 6.26 Å². The maximum absolute atomic E-state index is 11.1. The van der Waals surface area contributed by atoms with Gasteiger partial charge in [0.15, 0.2) is 0 Å². The summed E-state index contributed by atoms with van der Waals surface area (Å²) in [5.74, 6) is 0.0219. The first-order valence-corrected chi connectivity index (χ1v) is 7.72. The van der Waals surface area contributed by atoms with Gasteiger partial charge in [-0.1, -0.05) is 29.8 Å². The molecule has 0 radical (unpaired) electrons. The van der Waals surface area contributed by atoms with Gasteiger partial charge in [-0.05, 0) is 50.6 Å². The summed E-state index contributed by atoms with van der Waals surface area (Å²) < 4.78 is 5.65. The largest absolute Gasteiger partial charge is 0.481 e. The van der Waals surface area contributed by atoms with Crippen molar-refractivity contribution in [2.75, 3.05) is 13.1 Å². The number of likely N-dealkylation sites (tertiary alicyclic amines) is 1. The molecule has 1 saturated heterocycles. The van der Waals surface area contributed by atoms with Crippen LogP contribution in [0.25, 0.3) is 0 Å². The second-order valence-corrected chi connectivity index (χ2v) is 5.98. The van der Waals surface area contributed by atoms with Crippen LogP contribution < -0.4 is 0 Å². The summed E-state index contributed by atoms with van der Waals surface area (Å²) >= 11 is 0. The van der Waals surface area contributed by atoms with Crippen LogP contribution in [-0.4, -0.2) is 29.1 Å². The van der Waals surface area contributed by atoms with Crippen LogP contribution in [0.2, 0.25) is 0 Å². The molecule has 116 valence electrons. The van der Waals surface area contributed by atoms with Crippen molar-refractivity contribution < 1.29 is 14.3 Å². The Morgan fingerprint density at radius 2 is 1.91 bits per heavy atom. The van der Waals surface area contributed by atoms with E-state index in [0.717, 1.165) is 18.8 Å². The van der Waals surface area contributed by atoms with Crippen molar-refractivity contribution in [3.63, 3.8) is 0 Å². The molecule has 3 rings (SSSR count). The van der Waals surface area contributed by atoms with Crippen LogP contribution in [-0.2, 0) is 4.79 Å². The monoisotopic (exact) mass is 299 g/mol. The van der Waals surface area contributed by atoms with Gasteiger partial charge in [-0.2, -0.15) is 0 Å². The lowest BCUT2D eigenvalue weighted by Gasteiger charge is -2.35. The minimum Gasteiger partial charge on any atom is -0.481 e. The average Bonchev–Trinajstić information content (AvgIpc) is 3.04. The van der Waals surface area contributed by atoms with Crippen molar-refractivity contribution in [2.45, 2.75) is 25.8 Å². The first-order valence-electron chi connectivity index (χ1n) is 7.72. The van der Waals surface area contributed by atoms with Gasteiger partial charge in [-0.3, -0.25) is 9.69 Å². The molecule has 0 bridgehead atoms. The second kappa shape index (κ2) is 6.36. The lowest BCUT2D eigenvalue weighted by molar-refractivity contribution is -0.143. The third-order valence-corrected chi connectivity index (χ3v) is 4.45. The number of piperidine rings is 1. The van der Waals surface area contributed by atoms with Gasteiger partial charge in [0.2, 0.25) is 0 Å². The Hall–Kier alpha value is -2.07. The van der Waals surface area contributed by atoms with Crippen LogP contribution in [0.4, 0.5) is 0 Å². The zero-order valence-corrected chi connectivity index (χ0v) is 12.7. The molecule has 1 atom stereocenters. The summed E-state index contributed by atoms with van der Waals surface area (Å²) in [6, 6.07) is 12.4. The molecule has 4 heteroatoms. The summed E-state index contributed by atoms with van der Waals surface area (Å²) in [4.78, 5) is 13.5. The molecule has 1 aliphatic heterocycles. The Balaban J connectivity index is 1.84. The number of furan rings is 1. The van der Waals surface area contributed by atoms with Crippen molar-refractivity contribution in [1.29, 1.82) is 0 Å². The summed E-state index contributed by atoms with van der Waals surface area (Å²) in [7, 11) is 0. The smallest absolute Gasteiger partial charge is 0.306 e. The highest BCUT2D eigenvalue weighted by atomic mass is 16.4. The molecule has 2 heterocycles. The molecule has 0 saturated carbocycles. The fourth-order valence-electron chi connectivity index (χ4n) is 3.16. The van der Waals surface area contributed by atoms with Gasteiger partial charge in [0.25, 0.3) is 0 Å². The highest BCUT2D eigenvalue weighted by Crippen LogP contribution is 2.32. The molecule has 1 aliphatic rings. The molecular formula is C18H21NO3. The standard InChI is InChI=1S/C18H21NO3/c1-13-4-6-14(7-5-13)17(16-3-2-12-22-16)19-10-8-15(9-11-19)18(20)21/h2-7,12,15,17H,8-11H2,1H3,(H,20,21). The fraction of sp³-hybridized carbons (Fsp3) is 0.389. The number of carbonyl (C=O) groups is 1. The van der Waals surface area contributed by atoms with E-state index in [1.807, 2.05) is 12.1 Å². The Morgan fingerprint density at radius 3 is 2.45 bits per heavy atom. The molecule has 1 aromatic carbocycles. The second-order valence-electron chi connectivity index (χ2n) is 5.98.